The molecule has 0 spiro atoms. The van der Waals surface area contributed by atoms with E-state index < -0.39 is 0 Å². The van der Waals surface area contributed by atoms with Gasteiger partial charge in [0.15, 0.2) is 0 Å². The predicted octanol–water partition coefficient (Wildman–Crippen LogP) is 3.66. The molecule has 0 amide bonds. The molecule has 2 aromatic rings. The van der Waals surface area contributed by atoms with Gasteiger partial charge < -0.3 is 10.3 Å². The van der Waals surface area contributed by atoms with Crippen LogP contribution >= 0.6 is 11.6 Å². The Morgan fingerprint density at radius 3 is 2.76 bits per heavy atom. The number of hydrogen-bond donors (Lipinski definition) is 1. The number of halogens is 1. The van der Waals surface area contributed by atoms with Crippen LogP contribution in [-0.4, -0.2) is 15.6 Å². The largest absolute Gasteiger partial charge is 0.326 e. The zero-order chi connectivity index (χ0) is 15.0. The molecule has 3 nitrogen and oxygen atoms in total. The van der Waals surface area contributed by atoms with Crippen molar-refractivity contribution < 1.29 is 0 Å². The van der Waals surface area contributed by atoms with Crippen molar-refractivity contribution in [2.24, 2.45) is 5.73 Å². The van der Waals surface area contributed by atoms with E-state index in [2.05, 4.69) is 24.5 Å². The summed E-state index contributed by atoms with van der Waals surface area (Å²) in [6, 6.07) is 8.12. The van der Waals surface area contributed by atoms with E-state index in [1.807, 2.05) is 18.2 Å². The fourth-order valence-electron chi connectivity index (χ4n) is 3.45. The van der Waals surface area contributed by atoms with Crippen molar-refractivity contribution in [3.63, 3.8) is 0 Å². The molecule has 1 aromatic carbocycles. The first kappa shape index (κ1) is 14.6. The molecule has 112 valence electrons. The summed E-state index contributed by atoms with van der Waals surface area (Å²) in [5.41, 5.74) is 10.1. The topological polar surface area (TPSA) is 43.8 Å². The number of aromatic nitrogens is 2. The van der Waals surface area contributed by atoms with Crippen LogP contribution in [0.1, 0.15) is 48.6 Å². The fourth-order valence-corrected chi connectivity index (χ4v) is 3.64. The molecule has 0 saturated heterocycles. The van der Waals surface area contributed by atoms with Crippen LogP contribution in [0.2, 0.25) is 5.02 Å². The van der Waals surface area contributed by atoms with Gasteiger partial charge >= 0.3 is 0 Å². The first-order chi connectivity index (χ1) is 10.1. The maximum absolute atomic E-state index is 6.32. The van der Waals surface area contributed by atoms with Gasteiger partial charge in [0.2, 0.25) is 0 Å². The second kappa shape index (κ2) is 5.82. The zero-order valence-corrected chi connectivity index (χ0v) is 13.4. The van der Waals surface area contributed by atoms with E-state index in [4.69, 9.17) is 22.3 Å². The van der Waals surface area contributed by atoms with Crippen molar-refractivity contribution in [3.05, 3.63) is 52.1 Å². The Morgan fingerprint density at radius 2 is 2.05 bits per heavy atom. The number of aryl methyl sites for hydroxylation is 2. The summed E-state index contributed by atoms with van der Waals surface area (Å²) in [5, 5.41) is 0.754. The van der Waals surface area contributed by atoms with Gasteiger partial charge in [-0.25, -0.2) is 4.98 Å². The lowest BCUT2D eigenvalue weighted by atomic mass is 9.97. The van der Waals surface area contributed by atoms with E-state index in [1.165, 1.54) is 24.2 Å². The highest BCUT2D eigenvalue weighted by Crippen LogP contribution is 2.31. The lowest BCUT2D eigenvalue weighted by Gasteiger charge is -2.27. The van der Waals surface area contributed by atoms with Gasteiger partial charge in [0.25, 0.3) is 0 Å². The first-order valence-corrected chi connectivity index (χ1v) is 8.03. The summed E-state index contributed by atoms with van der Waals surface area (Å²) in [7, 11) is 0. The minimum atomic E-state index is 0.00222. The molecule has 1 heterocycles. The number of fused-ring (bicyclic) bond motifs is 1. The summed E-state index contributed by atoms with van der Waals surface area (Å²) in [6.07, 6.45) is 4.66. The second-order valence-corrected chi connectivity index (χ2v) is 6.42. The molecule has 2 unspecified atom stereocenters. The summed E-state index contributed by atoms with van der Waals surface area (Å²) < 4.78 is 2.34. The molecule has 1 aliphatic rings. The molecule has 0 fully saturated rings. The van der Waals surface area contributed by atoms with Crippen LogP contribution in [0.4, 0.5) is 0 Å². The van der Waals surface area contributed by atoms with Gasteiger partial charge in [-0.05, 0) is 57.2 Å². The third kappa shape index (κ3) is 2.72. The van der Waals surface area contributed by atoms with Gasteiger partial charge in [-0.2, -0.15) is 0 Å². The molecule has 0 aliphatic heterocycles. The average molecular weight is 304 g/mol. The number of imidazole rings is 1. The van der Waals surface area contributed by atoms with Crippen LogP contribution in [0.3, 0.4) is 0 Å². The van der Waals surface area contributed by atoms with Crippen LogP contribution in [0.25, 0.3) is 0 Å². The fraction of sp³-hybridized carbons (Fsp3) is 0.471. The van der Waals surface area contributed by atoms with E-state index in [0.29, 0.717) is 0 Å². The summed E-state index contributed by atoms with van der Waals surface area (Å²) in [5.74, 6) is 1.06. The Morgan fingerprint density at radius 1 is 1.29 bits per heavy atom. The number of nitrogens with two attached hydrogens (primary N) is 1. The molecule has 1 aromatic heterocycles. The van der Waals surface area contributed by atoms with Crippen LogP contribution in [0, 0.1) is 6.92 Å². The van der Waals surface area contributed by atoms with Crippen LogP contribution in [-0.2, 0) is 12.8 Å². The van der Waals surface area contributed by atoms with E-state index in [9.17, 15) is 0 Å². The highest BCUT2D eigenvalue weighted by atomic mass is 35.5. The van der Waals surface area contributed by atoms with E-state index >= 15 is 0 Å². The standard InChI is InChI=1S/C17H22ClN3/c1-11(19)17(13-6-5-7-14(18)10-13)21-12(2)20-15-8-3-4-9-16(15)21/h5-7,10-11,17H,3-4,8-9,19H2,1-2H3. The maximum Gasteiger partial charge on any atom is 0.106 e. The molecule has 2 N–H and O–H groups in total. The van der Waals surface area contributed by atoms with Gasteiger partial charge in [-0.15, -0.1) is 0 Å². The van der Waals surface area contributed by atoms with Gasteiger partial charge in [0.05, 0.1) is 11.7 Å². The Hall–Kier alpha value is -1.32. The molecule has 0 radical (unpaired) electrons. The summed E-state index contributed by atoms with van der Waals surface area (Å²) >= 11 is 6.17. The van der Waals surface area contributed by atoms with E-state index in [-0.39, 0.29) is 12.1 Å². The lowest BCUT2D eigenvalue weighted by molar-refractivity contribution is 0.465. The normalized spacial score (nSPS) is 17.3. The molecular weight excluding hydrogens is 282 g/mol. The Bertz CT molecular complexity index is 645. The number of hydrogen-bond acceptors (Lipinski definition) is 2. The third-order valence-electron chi connectivity index (χ3n) is 4.31. The van der Waals surface area contributed by atoms with Crippen molar-refractivity contribution in [1.29, 1.82) is 0 Å². The minimum Gasteiger partial charge on any atom is -0.326 e. The number of nitrogens with zero attached hydrogens (tertiary/aromatic N) is 2. The Kier molecular flexibility index (Phi) is 4.05. The van der Waals surface area contributed by atoms with Crippen molar-refractivity contribution in [3.8, 4) is 0 Å². The number of benzene rings is 1. The van der Waals surface area contributed by atoms with Gasteiger partial charge in [-0.3, -0.25) is 0 Å². The molecule has 4 heteroatoms. The average Bonchev–Trinajstić information content (AvgIpc) is 2.76. The quantitative estimate of drug-likeness (QED) is 0.940. The van der Waals surface area contributed by atoms with Crippen molar-refractivity contribution in [2.45, 2.75) is 51.6 Å². The van der Waals surface area contributed by atoms with E-state index in [0.717, 1.165) is 29.3 Å². The van der Waals surface area contributed by atoms with Crippen LogP contribution in [0.5, 0.6) is 0 Å². The predicted molar refractivity (Wildman–Crippen MR) is 86.8 cm³/mol. The molecule has 0 saturated carbocycles. The smallest absolute Gasteiger partial charge is 0.106 e. The molecule has 3 rings (SSSR count). The summed E-state index contributed by atoms with van der Waals surface area (Å²) in [6.45, 7) is 4.14. The Labute approximate surface area is 131 Å². The minimum absolute atomic E-state index is 0.00222. The maximum atomic E-state index is 6.32. The van der Waals surface area contributed by atoms with Crippen molar-refractivity contribution in [2.75, 3.05) is 0 Å². The van der Waals surface area contributed by atoms with Gasteiger partial charge in [-0.1, -0.05) is 23.7 Å². The summed E-state index contributed by atoms with van der Waals surface area (Å²) in [4.78, 5) is 4.78. The van der Waals surface area contributed by atoms with Gasteiger partial charge in [0, 0.05) is 16.8 Å². The molecule has 2 atom stereocenters. The van der Waals surface area contributed by atoms with Crippen molar-refractivity contribution in [1.82, 2.24) is 9.55 Å². The first-order valence-electron chi connectivity index (χ1n) is 7.65. The molecule has 21 heavy (non-hydrogen) atoms. The highest BCUT2D eigenvalue weighted by Gasteiger charge is 2.26. The third-order valence-corrected chi connectivity index (χ3v) is 4.55. The number of rotatable bonds is 3. The van der Waals surface area contributed by atoms with E-state index in [1.54, 1.807) is 0 Å². The molecular formula is C17H22ClN3. The highest BCUT2D eigenvalue weighted by molar-refractivity contribution is 6.30. The lowest BCUT2D eigenvalue weighted by Crippen LogP contribution is -2.32. The van der Waals surface area contributed by atoms with Gasteiger partial charge in [0.1, 0.15) is 5.82 Å². The monoisotopic (exact) mass is 303 g/mol. The van der Waals surface area contributed by atoms with Crippen LogP contribution < -0.4 is 5.73 Å². The van der Waals surface area contributed by atoms with Crippen LogP contribution in [0.15, 0.2) is 24.3 Å². The Balaban J connectivity index is 2.12. The van der Waals surface area contributed by atoms with Crippen molar-refractivity contribution >= 4 is 11.6 Å². The molecule has 0 bridgehead atoms. The SMILES string of the molecule is Cc1nc2c(n1C(c1cccc(Cl)c1)C(C)N)CCCC2. The zero-order valence-electron chi connectivity index (χ0n) is 12.6. The second-order valence-electron chi connectivity index (χ2n) is 5.99. The molecule has 1 aliphatic carbocycles.